The van der Waals surface area contributed by atoms with E-state index in [-0.39, 0.29) is 12.1 Å². The molecule has 0 aliphatic rings. The number of hydrogen-bond donors (Lipinski definition) is 1. The number of benzene rings is 1. The maximum Gasteiger partial charge on any atom is 0.345 e. The summed E-state index contributed by atoms with van der Waals surface area (Å²) in [5, 5.41) is 4.71. The fourth-order valence-electron chi connectivity index (χ4n) is 1.28. The molecular formula is C11H14Cl2N2O2. The molecule has 0 aliphatic heterocycles. The molecule has 0 aromatic heterocycles. The van der Waals surface area contributed by atoms with Gasteiger partial charge in [0.05, 0.1) is 23.2 Å². The number of urea groups is 1. The summed E-state index contributed by atoms with van der Waals surface area (Å²) in [5.41, 5.74) is 0.562. The van der Waals surface area contributed by atoms with Crippen molar-refractivity contribution in [3.63, 3.8) is 0 Å². The Morgan fingerprint density at radius 2 is 2.00 bits per heavy atom. The third-order valence-corrected chi connectivity index (χ3v) is 2.78. The Kier molecular flexibility index (Phi) is 5.05. The first-order chi connectivity index (χ1) is 7.95. The van der Waals surface area contributed by atoms with Crippen molar-refractivity contribution in [3.8, 4) is 0 Å². The lowest BCUT2D eigenvalue weighted by atomic mass is 10.3. The number of carbonyl (C=O) groups is 1. The molecule has 1 rings (SSSR count). The van der Waals surface area contributed by atoms with Crippen LogP contribution in [0.2, 0.25) is 10.0 Å². The van der Waals surface area contributed by atoms with Crippen LogP contribution in [0.25, 0.3) is 0 Å². The first-order valence-corrected chi connectivity index (χ1v) is 5.80. The van der Waals surface area contributed by atoms with Crippen LogP contribution in [0.1, 0.15) is 13.8 Å². The van der Waals surface area contributed by atoms with Crippen molar-refractivity contribution in [3.05, 3.63) is 28.2 Å². The lowest BCUT2D eigenvalue weighted by Gasteiger charge is -2.23. The van der Waals surface area contributed by atoms with Gasteiger partial charge in [0.2, 0.25) is 0 Å². The van der Waals surface area contributed by atoms with Crippen LogP contribution >= 0.6 is 23.2 Å². The molecule has 1 aromatic carbocycles. The second-order valence-corrected chi connectivity index (χ2v) is 4.48. The first-order valence-electron chi connectivity index (χ1n) is 5.05. The molecule has 0 atom stereocenters. The summed E-state index contributed by atoms with van der Waals surface area (Å²) in [6, 6.07) is 4.44. The minimum Gasteiger partial charge on any atom is -0.306 e. The van der Waals surface area contributed by atoms with Crippen LogP contribution < -0.4 is 5.32 Å². The van der Waals surface area contributed by atoms with Crippen LogP contribution in [0, 0.1) is 0 Å². The molecule has 2 amide bonds. The first kappa shape index (κ1) is 14.1. The lowest BCUT2D eigenvalue weighted by Crippen LogP contribution is -2.39. The summed E-state index contributed by atoms with van der Waals surface area (Å²) in [7, 11) is 1.44. The van der Waals surface area contributed by atoms with Gasteiger partial charge in [-0.2, -0.15) is 0 Å². The Balaban J connectivity index is 2.77. The highest BCUT2D eigenvalue weighted by molar-refractivity contribution is 6.42. The second kappa shape index (κ2) is 6.10. The minimum atomic E-state index is -0.360. The zero-order chi connectivity index (χ0) is 13.0. The van der Waals surface area contributed by atoms with Gasteiger partial charge >= 0.3 is 6.03 Å². The normalized spacial score (nSPS) is 10.5. The topological polar surface area (TPSA) is 41.6 Å². The van der Waals surface area contributed by atoms with Crippen molar-refractivity contribution in [1.82, 2.24) is 5.06 Å². The highest BCUT2D eigenvalue weighted by Gasteiger charge is 2.16. The van der Waals surface area contributed by atoms with E-state index in [1.54, 1.807) is 18.2 Å². The third kappa shape index (κ3) is 3.77. The van der Waals surface area contributed by atoms with Crippen LogP contribution in [0.3, 0.4) is 0 Å². The van der Waals surface area contributed by atoms with Crippen molar-refractivity contribution in [1.29, 1.82) is 0 Å². The van der Waals surface area contributed by atoms with Crippen molar-refractivity contribution in [2.45, 2.75) is 19.9 Å². The molecule has 17 heavy (non-hydrogen) atoms. The fraction of sp³-hybridized carbons (Fsp3) is 0.364. The van der Waals surface area contributed by atoms with E-state index in [4.69, 9.17) is 28.0 Å². The molecule has 0 aliphatic carbocycles. The number of nitrogens with one attached hydrogen (secondary N) is 1. The van der Waals surface area contributed by atoms with Crippen molar-refractivity contribution < 1.29 is 9.63 Å². The molecule has 0 spiro atoms. The Labute approximate surface area is 110 Å². The molecule has 4 nitrogen and oxygen atoms in total. The van der Waals surface area contributed by atoms with Crippen LogP contribution in [0.5, 0.6) is 0 Å². The van der Waals surface area contributed by atoms with Gasteiger partial charge in [0.15, 0.2) is 0 Å². The van der Waals surface area contributed by atoms with Gasteiger partial charge in [0, 0.05) is 5.69 Å². The Bertz CT molecular complexity index is 410. The van der Waals surface area contributed by atoms with E-state index in [9.17, 15) is 4.79 Å². The lowest BCUT2D eigenvalue weighted by molar-refractivity contribution is -0.103. The highest BCUT2D eigenvalue weighted by atomic mass is 35.5. The van der Waals surface area contributed by atoms with Gasteiger partial charge in [-0.15, -0.1) is 0 Å². The average Bonchev–Trinajstić information content (AvgIpc) is 2.24. The highest BCUT2D eigenvalue weighted by Crippen LogP contribution is 2.25. The summed E-state index contributed by atoms with van der Waals surface area (Å²) in [4.78, 5) is 16.8. The molecule has 0 radical (unpaired) electrons. The van der Waals surface area contributed by atoms with Crippen LogP contribution in [0.15, 0.2) is 18.2 Å². The quantitative estimate of drug-likeness (QED) is 0.854. The average molecular weight is 277 g/mol. The van der Waals surface area contributed by atoms with Gasteiger partial charge in [-0.05, 0) is 32.0 Å². The number of halogens is 2. The maximum atomic E-state index is 11.8. The molecule has 0 fully saturated rings. The fourth-order valence-corrected chi connectivity index (χ4v) is 1.58. The molecule has 1 N–H and O–H groups in total. The summed E-state index contributed by atoms with van der Waals surface area (Å²) < 4.78 is 0. The number of nitrogens with zero attached hydrogens (tertiary/aromatic N) is 1. The zero-order valence-electron chi connectivity index (χ0n) is 9.83. The monoisotopic (exact) mass is 276 g/mol. The molecule has 0 unspecified atom stereocenters. The van der Waals surface area contributed by atoms with Gasteiger partial charge < -0.3 is 5.32 Å². The van der Waals surface area contributed by atoms with Gasteiger partial charge in [-0.1, -0.05) is 23.2 Å². The van der Waals surface area contributed by atoms with E-state index in [2.05, 4.69) is 5.32 Å². The molecule has 94 valence electrons. The Morgan fingerprint density at radius 1 is 1.35 bits per heavy atom. The number of hydroxylamine groups is 2. The van der Waals surface area contributed by atoms with E-state index in [0.29, 0.717) is 15.7 Å². The Morgan fingerprint density at radius 3 is 2.47 bits per heavy atom. The smallest absolute Gasteiger partial charge is 0.306 e. The van der Waals surface area contributed by atoms with Crippen LogP contribution in [-0.4, -0.2) is 24.2 Å². The number of carbonyl (C=O) groups excluding carboxylic acids is 1. The molecular weight excluding hydrogens is 263 g/mol. The van der Waals surface area contributed by atoms with Crippen molar-refractivity contribution >= 4 is 34.9 Å². The summed E-state index contributed by atoms with van der Waals surface area (Å²) in [6.07, 6.45) is 0. The predicted octanol–water partition coefficient (Wildman–Crippen LogP) is 3.80. The molecule has 0 saturated carbocycles. The largest absolute Gasteiger partial charge is 0.345 e. The molecule has 0 heterocycles. The molecule has 1 aromatic rings. The number of rotatable bonds is 3. The number of amides is 2. The molecule has 6 heteroatoms. The summed E-state index contributed by atoms with van der Waals surface area (Å²) in [5.74, 6) is 0. The second-order valence-electron chi connectivity index (χ2n) is 3.66. The minimum absolute atomic E-state index is 0.0669. The standard InChI is InChI=1S/C11H14Cl2N2O2/c1-7(2)15(17-3)11(16)14-8-4-5-9(12)10(13)6-8/h4-7H,1-3H3,(H,14,16). The van der Waals surface area contributed by atoms with Crippen LogP contribution in [0.4, 0.5) is 10.5 Å². The van der Waals surface area contributed by atoms with Gasteiger partial charge in [0.1, 0.15) is 0 Å². The Hall–Kier alpha value is -0.970. The SMILES string of the molecule is CON(C(=O)Nc1ccc(Cl)c(Cl)c1)C(C)C. The van der Waals surface area contributed by atoms with Gasteiger partial charge in [-0.3, -0.25) is 4.84 Å². The van der Waals surface area contributed by atoms with Crippen molar-refractivity contribution in [2.75, 3.05) is 12.4 Å². The van der Waals surface area contributed by atoms with E-state index in [1.807, 2.05) is 13.8 Å². The van der Waals surface area contributed by atoms with Crippen LogP contribution in [-0.2, 0) is 4.84 Å². The molecule has 0 saturated heterocycles. The van der Waals surface area contributed by atoms with Gasteiger partial charge in [-0.25, -0.2) is 9.86 Å². The number of anilines is 1. The van der Waals surface area contributed by atoms with E-state index in [1.165, 1.54) is 12.2 Å². The number of hydrogen-bond acceptors (Lipinski definition) is 2. The van der Waals surface area contributed by atoms with E-state index in [0.717, 1.165) is 0 Å². The van der Waals surface area contributed by atoms with E-state index >= 15 is 0 Å². The van der Waals surface area contributed by atoms with Gasteiger partial charge in [0.25, 0.3) is 0 Å². The predicted molar refractivity (Wildman–Crippen MR) is 69.5 cm³/mol. The summed E-state index contributed by atoms with van der Waals surface area (Å²) in [6.45, 7) is 3.69. The zero-order valence-corrected chi connectivity index (χ0v) is 11.3. The van der Waals surface area contributed by atoms with E-state index < -0.39 is 0 Å². The van der Waals surface area contributed by atoms with Crippen molar-refractivity contribution in [2.24, 2.45) is 0 Å². The summed E-state index contributed by atoms with van der Waals surface area (Å²) >= 11 is 11.6. The maximum absolute atomic E-state index is 11.8. The third-order valence-electron chi connectivity index (χ3n) is 2.04. The molecule has 0 bridgehead atoms.